The van der Waals surface area contributed by atoms with Gasteiger partial charge >= 0.3 is 5.97 Å². The number of ether oxygens (including phenoxy) is 1. The van der Waals surface area contributed by atoms with E-state index in [9.17, 15) is 9.90 Å². The maximum absolute atomic E-state index is 11.7. The third-order valence-electron chi connectivity index (χ3n) is 2.99. The molecule has 114 valence electrons. The second-order valence-corrected chi connectivity index (χ2v) is 10.7. The van der Waals surface area contributed by atoms with Gasteiger partial charge in [0.15, 0.2) is 5.54 Å². The molecule has 5 heteroatoms. The molecule has 0 heterocycles. The first-order chi connectivity index (χ1) is 9.72. The first kappa shape index (κ1) is 17.1. The van der Waals surface area contributed by atoms with Gasteiger partial charge in [0.25, 0.3) is 0 Å². The molecule has 1 aromatic rings. The molecule has 0 bridgehead atoms. The summed E-state index contributed by atoms with van der Waals surface area (Å²) in [4.78, 5) is 11.7. The van der Waals surface area contributed by atoms with E-state index in [1.165, 1.54) is 0 Å². The second-order valence-electron chi connectivity index (χ2n) is 5.92. The van der Waals surface area contributed by atoms with Gasteiger partial charge < -0.3 is 15.2 Å². The Hall–Kier alpha value is -1.93. The lowest BCUT2D eigenvalue weighted by Crippen LogP contribution is -2.45. The molecule has 0 amide bonds. The van der Waals surface area contributed by atoms with Crippen molar-refractivity contribution in [2.45, 2.75) is 38.5 Å². The lowest BCUT2D eigenvalue weighted by Gasteiger charge is -2.25. The minimum atomic E-state index is -1.65. The largest absolute Gasteiger partial charge is 0.497 e. The molecular weight excluding hydrogens is 282 g/mol. The summed E-state index contributed by atoms with van der Waals surface area (Å²) in [5.41, 5.74) is 2.62. The van der Waals surface area contributed by atoms with Gasteiger partial charge in [-0.3, -0.25) is 0 Å². The third kappa shape index (κ3) is 4.83. The standard InChI is InChI=1S/C16H23NO3Si/c1-6-16(15(18)19,11-12-21(3,4)5)17-13-7-9-14(20-2)10-8-13/h7-10,17H,6H2,1-5H3,(H,18,19). The molecule has 1 unspecified atom stereocenters. The van der Waals surface area contributed by atoms with Crippen molar-refractivity contribution in [1.82, 2.24) is 0 Å². The molecule has 1 atom stereocenters. The lowest BCUT2D eigenvalue weighted by molar-refractivity contribution is -0.140. The minimum absolute atomic E-state index is 0.381. The van der Waals surface area contributed by atoms with Crippen LogP contribution < -0.4 is 10.1 Å². The summed E-state index contributed by atoms with van der Waals surface area (Å²) in [6, 6.07) is 7.16. The van der Waals surface area contributed by atoms with Crippen LogP contribution in [0.5, 0.6) is 5.75 Å². The van der Waals surface area contributed by atoms with Crippen LogP contribution in [0.1, 0.15) is 13.3 Å². The van der Waals surface area contributed by atoms with E-state index in [2.05, 4.69) is 36.4 Å². The molecule has 0 saturated heterocycles. The van der Waals surface area contributed by atoms with Crippen molar-refractivity contribution in [3.63, 3.8) is 0 Å². The van der Waals surface area contributed by atoms with Gasteiger partial charge in [0, 0.05) is 5.69 Å². The highest BCUT2D eigenvalue weighted by Crippen LogP contribution is 2.22. The highest BCUT2D eigenvalue weighted by atomic mass is 28.3. The van der Waals surface area contributed by atoms with E-state index in [1.807, 2.05) is 6.92 Å². The first-order valence-electron chi connectivity index (χ1n) is 6.92. The number of hydrogen-bond donors (Lipinski definition) is 2. The van der Waals surface area contributed by atoms with Gasteiger partial charge in [-0.1, -0.05) is 32.5 Å². The summed E-state index contributed by atoms with van der Waals surface area (Å²) in [6.07, 6.45) is 0.381. The van der Waals surface area contributed by atoms with E-state index >= 15 is 0 Å². The number of benzene rings is 1. The molecule has 0 fully saturated rings. The first-order valence-corrected chi connectivity index (χ1v) is 10.4. The molecule has 1 aromatic carbocycles. The molecule has 0 aliphatic carbocycles. The van der Waals surface area contributed by atoms with Gasteiger partial charge in [-0.15, -0.1) is 5.54 Å². The maximum atomic E-state index is 11.7. The summed E-state index contributed by atoms with van der Waals surface area (Å²) in [7, 11) is -0.0528. The van der Waals surface area contributed by atoms with Crippen molar-refractivity contribution in [3.8, 4) is 17.2 Å². The van der Waals surface area contributed by atoms with Crippen LogP contribution in [0, 0.1) is 11.5 Å². The second kappa shape index (κ2) is 6.68. The van der Waals surface area contributed by atoms with Gasteiger partial charge in [-0.05, 0) is 30.7 Å². The van der Waals surface area contributed by atoms with E-state index in [1.54, 1.807) is 31.4 Å². The van der Waals surface area contributed by atoms with E-state index < -0.39 is 19.6 Å². The van der Waals surface area contributed by atoms with Crippen LogP contribution in [0.4, 0.5) is 5.69 Å². The molecule has 1 rings (SSSR count). The fourth-order valence-corrected chi connectivity index (χ4v) is 2.27. The molecule has 0 aliphatic heterocycles. The number of rotatable bonds is 5. The van der Waals surface area contributed by atoms with Gasteiger partial charge in [-0.25, -0.2) is 4.79 Å². The summed E-state index contributed by atoms with van der Waals surface area (Å²) in [6.45, 7) is 8.10. The van der Waals surface area contributed by atoms with Crippen LogP contribution in [-0.2, 0) is 4.79 Å². The number of carbonyl (C=O) groups is 1. The molecule has 21 heavy (non-hydrogen) atoms. The molecule has 0 radical (unpaired) electrons. The Morgan fingerprint density at radius 2 is 1.90 bits per heavy atom. The van der Waals surface area contributed by atoms with Crippen molar-refractivity contribution in [2.75, 3.05) is 12.4 Å². The smallest absolute Gasteiger partial charge is 0.342 e. The Bertz CT molecular complexity index is 552. The lowest BCUT2D eigenvalue weighted by atomic mass is 9.97. The summed E-state index contributed by atoms with van der Waals surface area (Å²) in [5, 5.41) is 12.7. The minimum Gasteiger partial charge on any atom is -0.497 e. The SMILES string of the molecule is CCC(C#C[Si](C)(C)C)(Nc1ccc(OC)cc1)C(=O)O. The number of aliphatic carboxylic acids is 1. The molecular formula is C16H23NO3Si. The average Bonchev–Trinajstić information content (AvgIpc) is 2.43. The Kier molecular flexibility index (Phi) is 5.45. The summed E-state index contributed by atoms with van der Waals surface area (Å²) >= 11 is 0. The monoisotopic (exact) mass is 305 g/mol. The van der Waals surface area contributed by atoms with Crippen LogP contribution in [0.3, 0.4) is 0 Å². The van der Waals surface area contributed by atoms with Gasteiger partial charge in [0.05, 0.1) is 7.11 Å². The number of hydrogen-bond acceptors (Lipinski definition) is 3. The Morgan fingerprint density at radius 3 is 2.29 bits per heavy atom. The Labute approximate surface area is 127 Å². The summed E-state index contributed by atoms with van der Waals surface area (Å²) < 4.78 is 5.10. The highest BCUT2D eigenvalue weighted by molar-refractivity contribution is 6.83. The molecule has 0 aromatic heterocycles. The molecule has 0 aliphatic rings. The fraction of sp³-hybridized carbons (Fsp3) is 0.438. The Morgan fingerprint density at radius 1 is 1.33 bits per heavy atom. The van der Waals surface area contributed by atoms with Crippen LogP contribution >= 0.6 is 0 Å². The van der Waals surface area contributed by atoms with Gasteiger partial charge in [0.1, 0.15) is 13.8 Å². The van der Waals surface area contributed by atoms with E-state index in [0.717, 1.165) is 5.75 Å². The molecule has 0 saturated carbocycles. The van der Waals surface area contributed by atoms with E-state index in [-0.39, 0.29) is 0 Å². The number of carboxylic acid groups (broad SMARTS) is 1. The predicted molar refractivity (Wildman–Crippen MR) is 88.4 cm³/mol. The fourth-order valence-electron chi connectivity index (χ4n) is 1.68. The van der Waals surface area contributed by atoms with Crippen LogP contribution in [-0.4, -0.2) is 31.8 Å². The van der Waals surface area contributed by atoms with Crippen LogP contribution in [0.2, 0.25) is 19.6 Å². The van der Waals surface area contributed by atoms with Crippen molar-refractivity contribution >= 4 is 19.7 Å². The molecule has 4 nitrogen and oxygen atoms in total. The number of carboxylic acids is 1. The van der Waals surface area contributed by atoms with Crippen molar-refractivity contribution in [1.29, 1.82) is 0 Å². The van der Waals surface area contributed by atoms with E-state index in [0.29, 0.717) is 12.1 Å². The van der Waals surface area contributed by atoms with Gasteiger partial charge in [-0.2, -0.15) is 0 Å². The van der Waals surface area contributed by atoms with Crippen molar-refractivity contribution < 1.29 is 14.6 Å². The predicted octanol–water partition coefficient (Wildman–Crippen LogP) is 3.22. The third-order valence-corrected chi connectivity index (χ3v) is 3.87. The molecule has 0 spiro atoms. The Balaban J connectivity index is 3.12. The van der Waals surface area contributed by atoms with Crippen LogP contribution in [0.15, 0.2) is 24.3 Å². The number of anilines is 1. The highest BCUT2D eigenvalue weighted by Gasteiger charge is 2.35. The zero-order valence-electron chi connectivity index (χ0n) is 13.3. The average molecular weight is 305 g/mol. The normalized spacial score (nSPS) is 13.6. The van der Waals surface area contributed by atoms with Crippen molar-refractivity contribution in [3.05, 3.63) is 24.3 Å². The zero-order valence-corrected chi connectivity index (χ0v) is 14.3. The molecule has 2 N–H and O–H groups in total. The number of methoxy groups -OCH3 is 1. The van der Waals surface area contributed by atoms with E-state index in [4.69, 9.17) is 4.74 Å². The zero-order chi connectivity index (χ0) is 16.1. The van der Waals surface area contributed by atoms with Crippen molar-refractivity contribution in [2.24, 2.45) is 0 Å². The summed E-state index contributed by atoms with van der Waals surface area (Å²) in [5.74, 6) is 2.74. The quantitative estimate of drug-likeness (QED) is 0.648. The van der Waals surface area contributed by atoms with Crippen LogP contribution in [0.25, 0.3) is 0 Å². The van der Waals surface area contributed by atoms with Gasteiger partial charge in [0.2, 0.25) is 0 Å². The number of nitrogens with one attached hydrogen (secondary N) is 1. The maximum Gasteiger partial charge on any atom is 0.342 e. The topological polar surface area (TPSA) is 58.6 Å².